The van der Waals surface area contributed by atoms with Crippen molar-refractivity contribution in [3.8, 4) is 22.8 Å². The molecule has 1 N–H and O–H groups in total. The molecule has 0 saturated carbocycles. The van der Waals surface area contributed by atoms with E-state index >= 15 is 0 Å². The summed E-state index contributed by atoms with van der Waals surface area (Å²) in [7, 11) is 0. The third kappa shape index (κ3) is 4.56. The van der Waals surface area contributed by atoms with Crippen molar-refractivity contribution in [3.05, 3.63) is 93.8 Å². The van der Waals surface area contributed by atoms with Crippen molar-refractivity contribution in [1.29, 1.82) is 0 Å². The molecule has 0 saturated heterocycles. The monoisotopic (exact) mass is 509 g/mol. The number of anilines is 1. The van der Waals surface area contributed by atoms with Crippen molar-refractivity contribution >= 4 is 63.7 Å². The Kier molecular flexibility index (Phi) is 6.11. The van der Waals surface area contributed by atoms with Gasteiger partial charge in [0.2, 0.25) is 11.8 Å². The van der Waals surface area contributed by atoms with E-state index in [-0.39, 0.29) is 0 Å². The minimum Gasteiger partial charge on any atom is -0.457 e. The van der Waals surface area contributed by atoms with Crippen LogP contribution in [0, 0.1) is 0 Å². The van der Waals surface area contributed by atoms with Crippen molar-refractivity contribution < 1.29 is 13.6 Å². The number of carbonyl (C=O) groups is 1. The van der Waals surface area contributed by atoms with E-state index in [4.69, 9.17) is 43.6 Å². The fraction of sp³-hybridized carbons (Fsp3) is 0. The first-order valence-electron chi connectivity index (χ1n) is 10.0. The average molecular weight is 511 g/mol. The second-order valence-electron chi connectivity index (χ2n) is 7.16. The number of fused-ring (bicyclic) bond motifs is 1. The molecule has 0 atom stereocenters. The Morgan fingerprint density at radius 3 is 2.68 bits per heavy atom. The summed E-state index contributed by atoms with van der Waals surface area (Å²) in [5.41, 5.74) is 2.79. The maximum absolute atomic E-state index is 12.5. The molecule has 6 nitrogen and oxygen atoms in total. The zero-order valence-corrected chi connectivity index (χ0v) is 19.5. The summed E-state index contributed by atoms with van der Waals surface area (Å²) < 4.78 is 11.5. The van der Waals surface area contributed by atoms with Gasteiger partial charge < -0.3 is 14.2 Å². The fourth-order valence-electron chi connectivity index (χ4n) is 3.26. The Hall–Kier alpha value is -3.58. The van der Waals surface area contributed by atoms with Crippen molar-refractivity contribution in [2.75, 3.05) is 5.32 Å². The number of nitrogens with one attached hydrogen (secondary N) is 1. The van der Waals surface area contributed by atoms with Gasteiger partial charge in [0.25, 0.3) is 0 Å². The number of furan rings is 1. The van der Waals surface area contributed by atoms with Gasteiger partial charge in [0.1, 0.15) is 11.5 Å². The number of hydrogen-bond donors (Lipinski definition) is 1. The highest BCUT2D eigenvalue weighted by molar-refractivity contribution is 6.43. The molecular formula is C25H14Cl3N3O3. The molecule has 0 bridgehead atoms. The normalized spacial score (nSPS) is 11.4. The first kappa shape index (κ1) is 22.2. The molecule has 0 spiro atoms. The van der Waals surface area contributed by atoms with E-state index in [0.717, 1.165) is 0 Å². The second-order valence-corrected chi connectivity index (χ2v) is 8.36. The predicted molar refractivity (Wildman–Crippen MR) is 134 cm³/mol. The van der Waals surface area contributed by atoms with Crippen LogP contribution in [-0.2, 0) is 4.79 Å². The highest BCUT2D eigenvalue weighted by atomic mass is 35.5. The number of pyridine rings is 1. The van der Waals surface area contributed by atoms with Gasteiger partial charge in [0, 0.05) is 23.4 Å². The Bertz CT molecular complexity index is 1520. The third-order valence-electron chi connectivity index (χ3n) is 4.88. The maximum Gasteiger partial charge on any atom is 0.248 e. The van der Waals surface area contributed by atoms with Crippen LogP contribution >= 0.6 is 34.8 Å². The summed E-state index contributed by atoms with van der Waals surface area (Å²) in [6.07, 6.45) is 4.52. The predicted octanol–water partition coefficient (Wildman–Crippen LogP) is 7.76. The Labute approximate surface area is 208 Å². The van der Waals surface area contributed by atoms with Crippen molar-refractivity contribution in [3.63, 3.8) is 0 Å². The molecule has 34 heavy (non-hydrogen) atoms. The van der Waals surface area contributed by atoms with Gasteiger partial charge in [0.05, 0.1) is 20.8 Å². The lowest BCUT2D eigenvalue weighted by atomic mass is 10.2. The summed E-state index contributed by atoms with van der Waals surface area (Å²) in [4.78, 5) is 21.1. The lowest BCUT2D eigenvalue weighted by molar-refractivity contribution is -0.111. The Morgan fingerprint density at radius 1 is 0.941 bits per heavy atom. The largest absolute Gasteiger partial charge is 0.457 e. The molecule has 3 aromatic heterocycles. The topological polar surface area (TPSA) is 81.2 Å². The van der Waals surface area contributed by atoms with E-state index in [9.17, 15) is 4.79 Å². The van der Waals surface area contributed by atoms with Gasteiger partial charge in [-0.2, -0.15) is 4.98 Å². The number of carbonyl (C=O) groups excluding carboxylic acids is 1. The molecule has 0 fully saturated rings. The van der Waals surface area contributed by atoms with Crippen LogP contribution in [0.3, 0.4) is 0 Å². The molecule has 0 radical (unpaired) electrons. The number of benzene rings is 2. The van der Waals surface area contributed by atoms with E-state index in [1.807, 2.05) is 0 Å². The summed E-state index contributed by atoms with van der Waals surface area (Å²) in [6, 6.07) is 17.4. The summed E-state index contributed by atoms with van der Waals surface area (Å²) >= 11 is 18.6. The smallest absolute Gasteiger partial charge is 0.248 e. The maximum atomic E-state index is 12.5. The number of halogens is 3. The van der Waals surface area contributed by atoms with E-state index in [1.54, 1.807) is 72.9 Å². The SMILES string of the molecule is O=C(C=Cc1ccc(-c2cccc(Cl)c2Cl)o1)Nc1cc(-c2nc3ncccc3o2)ccc1Cl. The van der Waals surface area contributed by atoms with Crippen LogP contribution in [0.15, 0.2) is 81.8 Å². The molecule has 3 heterocycles. The van der Waals surface area contributed by atoms with E-state index in [1.165, 1.54) is 6.08 Å². The Morgan fingerprint density at radius 2 is 1.82 bits per heavy atom. The van der Waals surface area contributed by atoms with Gasteiger partial charge in [-0.1, -0.05) is 40.9 Å². The number of aromatic nitrogens is 2. The molecule has 168 valence electrons. The molecule has 5 aromatic rings. The summed E-state index contributed by atoms with van der Waals surface area (Å²) in [5, 5.41) is 3.96. The second kappa shape index (κ2) is 9.35. The van der Waals surface area contributed by atoms with Crippen LogP contribution in [-0.4, -0.2) is 15.9 Å². The summed E-state index contributed by atoms with van der Waals surface area (Å²) in [5.74, 6) is 0.993. The molecule has 5 rings (SSSR count). The minimum atomic E-state index is -0.392. The molecule has 0 aliphatic carbocycles. The molecule has 2 aromatic carbocycles. The first-order chi connectivity index (χ1) is 16.5. The van der Waals surface area contributed by atoms with E-state index < -0.39 is 5.91 Å². The molecule has 0 aliphatic rings. The van der Waals surface area contributed by atoms with Gasteiger partial charge in [-0.3, -0.25) is 4.79 Å². The number of hydrogen-bond acceptors (Lipinski definition) is 5. The van der Waals surface area contributed by atoms with Crippen molar-refractivity contribution in [2.45, 2.75) is 0 Å². The number of oxazole rings is 1. The quantitative estimate of drug-likeness (QED) is 0.244. The van der Waals surface area contributed by atoms with Crippen molar-refractivity contribution in [1.82, 2.24) is 9.97 Å². The van der Waals surface area contributed by atoms with E-state index in [2.05, 4.69) is 15.3 Å². The van der Waals surface area contributed by atoms with Crippen LogP contribution in [0.5, 0.6) is 0 Å². The highest BCUT2D eigenvalue weighted by Crippen LogP contribution is 2.34. The van der Waals surface area contributed by atoms with Gasteiger partial charge >= 0.3 is 0 Å². The molecule has 1 amide bonds. The number of rotatable bonds is 5. The lowest BCUT2D eigenvalue weighted by Gasteiger charge is -2.06. The molecule has 0 aliphatic heterocycles. The zero-order chi connectivity index (χ0) is 23.7. The van der Waals surface area contributed by atoms with Gasteiger partial charge in [-0.05, 0) is 60.7 Å². The van der Waals surface area contributed by atoms with Gasteiger partial charge in [-0.15, -0.1) is 0 Å². The average Bonchev–Trinajstić information content (AvgIpc) is 3.48. The van der Waals surface area contributed by atoms with Crippen LogP contribution in [0.4, 0.5) is 5.69 Å². The Balaban J connectivity index is 1.32. The standard InChI is InChI=1S/C25H14Cl3N3O3/c26-17-9-6-14(25-31-24-21(34-25)5-2-12-29-24)13-19(17)30-22(32)11-8-15-7-10-20(33-15)16-3-1-4-18(27)23(16)28/h1-13H,(H,30,32). The van der Waals surface area contributed by atoms with Gasteiger partial charge in [0.15, 0.2) is 11.2 Å². The van der Waals surface area contributed by atoms with Crippen LogP contribution < -0.4 is 5.32 Å². The minimum absolute atomic E-state index is 0.371. The van der Waals surface area contributed by atoms with Crippen LogP contribution in [0.2, 0.25) is 15.1 Å². The molecule has 9 heteroatoms. The summed E-state index contributed by atoms with van der Waals surface area (Å²) in [6.45, 7) is 0. The first-order valence-corrected chi connectivity index (χ1v) is 11.2. The molecule has 0 unspecified atom stereocenters. The number of amides is 1. The zero-order valence-electron chi connectivity index (χ0n) is 17.3. The third-order valence-corrected chi connectivity index (χ3v) is 6.03. The van der Waals surface area contributed by atoms with Crippen LogP contribution in [0.1, 0.15) is 5.76 Å². The fourth-order valence-corrected chi connectivity index (χ4v) is 3.82. The number of nitrogens with zero attached hydrogens (tertiary/aromatic N) is 2. The lowest BCUT2D eigenvalue weighted by Crippen LogP contribution is -2.08. The van der Waals surface area contributed by atoms with Gasteiger partial charge in [-0.25, -0.2) is 4.98 Å². The molecular weight excluding hydrogens is 497 g/mol. The van der Waals surface area contributed by atoms with Crippen molar-refractivity contribution in [2.24, 2.45) is 0 Å². The van der Waals surface area contributed by atoms with E-state index in [0.29, 0.717) is 60.5 Å². The highest BCUT2D eigenvalue weighted by Gasteiger charge is 2.13. The van der Waals surface area contributed by atoms with Crippen LogP contribution in [0.25, 0.3) is 40.1 Å².